The van der Waals surface area contributed by atoms with Crippen LogP contribution in [0.3, 0.4) is 0 Å². The van der Waals surface area contributed by atoms with E-state index in [0.717, 1.165) is 6.42 Å². The van der Waals surface area contributed by atoms with Gasteiger partial charge in [0, 0.05) is 6.54 Å². The van der Waals surface area contributed by atoms with E-state index in [1.165, 1.54) is 0 Å². The van der Waals surface area contributed by atoms with Gasteiger partial charge < -0.3 is 5.73 Å². The summed E-state index contributed by atoms with van der Waals surface area (Å²) >= 11 is 0. The van der Waals surface area contributed by atoms with E-state index < -0.39 is 5.67 Å². The molecule has 0 radical (unpaired) electrons. The van der Waals surface area contributed by atoms with Gasteiger partial charge in [0.25, 0.3) is 0 Å². The minimum Gasteiger partial charge on any atom is -0.328 e. The van der Waals surface area contributed by atoms with Crippen molar-refractivity contribution in [2.75, 3.05) is 6.54 Å². The Hall–Kier alpha value is -0.110. The minimum absolute atomic E-state index is 0.0137. The standard InChI is InChI=1S/C11H24FN/c1-9(2)11(12,8-13)7-6-10(3,4)5/h9H,6-8,13H2,1-5H3. The summed E-state index contributed by atoms with van der Waals surface area (Å²) in [5, 5.41) is 0. The molecule has 80 valence electrons. The molecule has 0 aliphatic carbocycles. The highest BCUT2D eigenvalue weighted by Crippen LogP contribution is 2.32. The zero-order valence-electron chi connectivity index (χ0n) is 9.65. The van der Waals surface area contributed by atoms with Crippen molar-refractivity contribution >= 4 is 0 Å². The second kappa shape index (κ2) is 4.41. The third-order valence-electron chi connectivity index (χ3n) is 2.66. The van der Waals surface area contributed by atoms with E-state index in [9.17, 15) is 4.39 Å². The lowest BCUT2D eigenvalue weighted by Crippen LogP contribution is -2.39. The first-order valence-corrected chi connectivity index (χ1v) is 5.10. The van der Waals surface area contributed by atoms with Gasteiger partial charge in [0.05, 0.1) is 0 Å². The lowest BCUT2D eigenvalue weighted by atomic mass is 9.81. The Balaban J connectivity index is 4.14. The normalized spacial score (nSPS) is 17.5. The van der Waals surface area contributed by atoms with Crippen LogP contribution in [0.25, 0.3) is 0 Å². The Morgan fingerprint density at radius 3 is 1.85 bits per heavy atom. The van der Waals surface area contributed by atoms with E-state index in [2.05, 4.69) is 20.8 Å². The Kier molecular flexibility index (Phi) is 4.37. The molecule has 0 spiro atoms. The Morgan fingerprint density at radius 1 is 1.15 bits per heavy atom. The Morgan fingerprint density at radius 2 is 1.62 bits per heavy atom. The van der Waals surface area contributed by atoms with Gasteiger partial charge in [-0.05, 0) is 24.2 Å². The first kappa shape index (κ1) is 12.9. The molecular weight excluding hydrogens is 165 g/mol. The lowest BCUT2D eigenvalue weighted by Gasteiger charge is -2.31. The molecule has 2 heteroatoms. The van der Waals surface area contributed by atoms with E-state index in [0.29, 0.717) is 6.42 Å². The highest BCUT2D eigenvalue weighted by Gasteiger charge is 2.32. The molecule has 0 rings (SSSR count). The summed E-state index contributed by atoms with van der Waals surface area (Å²) in [4.78, 5) is 0. The summed E-state index contributed by atoms with van der Waals surface area (Å²) in [7, 11) is 0. The summed E-state index contributed by atoms with van der Waals surface area (Å²) in [5.41, 5.74) is 4.48. The molecule has 0 aromatic heterocycles. The maximum Gasteiger partial charge on any atom is 0.125 e. The Labute approximate surface area is 81.9 Å². The number of alkyl halides is 1. The number of hydrogen-bond acceptors (Lipinski definition) is 1. The van der Waals surface area contributed by atoms with Crippen molar-refractivity contribution in [3.63, 3.8) is 0 Å². The molecule has 1 nitrogen and oxygen atoms in total. The van der Waals surface area contributed by atoms with Crippen LogP contribution in [0.2, 0.25) is 0 Å². The van der Waals surface area contributed by atoms with Gasteiger partial charge in [-0.3, -0.25) is 0 Å². The summed E-state index contributed by atoms with van der Waals surface area (Å²) in [5.74, 6) is 0.0137. The van der Waals surface area contributed by atoms with Gasteiger partial charge in [-0.1, -0.05) is 34.6 Å². The van der Waals surface area contributed by atoms with Crippen LogP contribution in [-0.2, 0) is 0 Å². The van der Waals surface area contributed by atoms with Crippen LogP contribution in [0.15, 0.2) is 0 Å². The molecule has 13 heavy (non-hydrogen) atoms. The van der Waals surface area contributed by atoms with Crippen LogP contribution in [-0.4, -0.2) is 12.2 Å². The Bertz CT molecular complexity index is 149. The van der Waals surface area contributed by atoms with E-state index >= 15 is 0 Å². The monoisotopic (exact) mass is 189 g/mol. The molecule has 0 aliphatic heterocycles. The smallest absolute Gasteiger partial charge is 0.125 e. The molecule has 1 unspecified atom stereocenters. The zero-order chi connectivity index (χ0) is 10.7. The average Bonchev–Trinajstić information content (AvgIpc) is 1.98. The van der Waals surface area contributed by atoms with Crippen LogP contribution in [0.4, 0.5) is 4.39 Å². The van der Waals surface area contributed by atoms with Gasteiger partial charge in [-0.25, -0.2) is 4.39 Å². The second-order valence-electron chi connectivity index (χ2n) is 5.45. The summed E-state index contributed by atoms with van der Waals surface area (Å²) < 4.78 is 14.0. The largest absolute Gasteiger partial charge is 0.328 e. The quantitative estimate of drug-likeness (QED) is 0.722. The average molecular weight is 189 g/mol. The van der Waals surface area contributed by atoms with E-state index in [-0.39, 0.29) is 17.9 Å². The van der Waals surface area contributed by atoms with Gasteiger partial charge in [0.2, 0.25) is 0 Å². The van der Waals surface area contributed by atoms with Crippen molar-refractivity contribution in [3.8, 4) is 0 Å². The zero-order valence-corrected chi connectivity index (χ0v) is 9.65. The molecular formula is C11H24FN. The topological polar surface area (TPSA) is 26.0 Å². The van der Waals surface area contributed by atoms with Crippen molar-refractivity contribution in [2.45, 2.75) is 53.1 Å². The van der Waals surface area contributed by atoms with Crippen molar-refractivity contribution in [2.24, 2.45) is 17.1 Å². The predicted octanol–water partition coefficient (Wildman–Crippen LogP) is 3.14. The SMILES string of the molecule is CC(C)C(F)(CN)CCC(C)(C)C. The highest BCUT2D eigenvalue weighted by atomic mass is 19.1. The second-order valence-corrected chi connectivity index (χ2v) is 5.45. The van der Waals surface area contributed by atoms with E-state index in [1.54, 1.807) is 0 Å². The molecule has 2 N–H and O–H groups in total. The number of rotatable bonds is 4. The van der Waals surface area contributed by atoms with Crippen molar-refractivity contribution < 1.29 is 4.39 Å². The van der Waals surface area contributed by atoms with E-state index in [4.69, 9.17) is 5.73 Å². The lowest BCUT2D eigenvalue weighted by molar-refractivity contribution is 0.0830. The fourth-order valence-corrected chi connectivity index (χ4v) is 1.21. The van der Waals surface area contributed by atoms with Crippen molar-refractivity contribution in [1.82, 2.24) is 0 Å². The third-order valence-corrected chi connectivity index (χ3v) is 2.66. The van der Waals surface area contributed by atoms with Gasteiger partial charge >= 0.3 is 0 Å². The molecule has 0 amide bonds. The molecule has 0 heterocycles. The molecule has 0 aromatic rings. The predicted molar refractivity (Wildman–Crippen MR) is 56.4 cm³/mol. The van der Waals surface area contributed by atoms with Crippen LogP contribution in [0.5, 0.6) is 0 Å². The van der Waals surface area contributed by atoms with Gasteiger partial charge in [-0.2, -0.15) is 0 Å². The highest BCUT2D eigenvalue weighted by molar-refractivity contribution is 4.85. The van der Waals surface area contributed by atoms with Crippen molar-refractivity contribution in [3.05, 3.63) is 0 Å². The molecule has 0 aromatic carbocycles. The molecule has 0 saturated heterocycles. The summed E-state index contributed by atoms with van der Waals surface area (Å²) in [6.45, 7) is 10.3. The fourth-order valence-electron chi connectivity index (χ4n) is 1.21. The molecule has 1 atom stereocenters. The molecule has 0 aliphatic rings. The fraction of sp³-hybridized carbons (Fsp3) is 1.00. The first-order valence-electron chi connectivity index (χ1n) is 5.10. The number of nitrogens with two attached hydrogens (primary N) is 1. The molecule has 0 fully saturated rings. The minimum atomic E-state index is -1.17. The van der Waals surface area contributed by atoms with E-state index in [1.807, 2.05) is 13.8 Å². The van der Waals surface area contributed by atoms with Crippen LogP contribution in [0.1, 0.15) is 47.5 Å². The van der Waals surface area contributed by atoms with Crippen LogP contribution < -0.4 is 5.73 Å². The van der Waals surface area contributed by atoms with Gasteiger partial charge in [-0.15, -0.1) is 0 Å². The number of hydrogen-bond donors (Lipinski definition) is 1. The molecule has 0 bridgehead atoms. The summed E-state index contributed by atoms with van der Waals surface area (Å²) in [6.07, 6.45) is 1.46. The maximum absolute atomic E-state index is 14.0. The van der Waals surface area contributed by atoms with Crippen molar-refractivity contribution in [1.29, 1.82) is 0 Å². The van der Waals surface area contributed by atoms with Gasteiger partial charge in [0.1, 0.15) is 5.67 Å². The van der Waals surface area contributed by atoms with Gasteiger partial charge in [0.15, 0.2) is 0 Å². The molecule has 0 saturated carbocycles. The third kappa shape index (κ3) is 4.61. The first-order chi connectivity index (χ1) is 5.71. The van der Waals surface area contributed by atoms with Crippen LogP contribution >= 0.6 is 0 Å². The number of halogens is 1. The summed E-state index contributed by atoms with van der Waals surface area (Å²) in [6, 6.07) is 0. The maximum atomic E-state index is 14.0. The van der Waals surface area contributed by atoms with Crippen LogP contribution in [0, 0.1) is 11.3 Å².